The summed E-state index contributed by atoms with van der Waals surface area (Å²) in [6.07, 6.45) is 0.866. The van der Waals surface area contributed by atoms with E-state index >= 15 is 0 Å². The topological polar surface area (TPSA) is 38.3 Å². The molecule has 1 heterocycles. The van der Waals surface area contributed by atoms with Crippen LogP contribution < -0.4 is 10.1 Å². The van der Waals surface area contributed by atoms with E-state index in [0.29, 0.717) is 12.2 Å². The largest absolute Gasteiger partial charge is 0.492 e. The maximum Gasteiger partial charge on any atom is 0.255 e. The highest BCUT2D eigenvalue weighted by Gasteiger charge is 2.24. The molecule has 0 radical (unpaired) electrons. The van der Waals surface area contributed by atoms with Gasteiger partial charge in [0.1, 0.15) is 5.75 Å². The minimum absolute atomic E-state index is 0.0862. The molecule has 1 aromatic carbocycles. The predicted octanol–water partition coefficient (Wildman–Crippen LogP) is 2.91. The molecule has 1 amide bonds. The van der Waals surface area contributed by atoms with Crippen LogP contribution in [0.1, 0.15) is 36.7 Å². The first kappa shape index (κ1) is 12.4. The van der Waals surface area contributed by atoms with Crippen LogP contribution in [0.2, 0.25) is 0 Å². The van der Waals surface area contributed by atoms with E-state index in [9.17, 15) is 4.79 Å². The van der Waals surface area contributed by atoms with Gasteiger partial charge in [0.25, 0.3) is 5.91 Å². The van der Waals surface area contributed by atoms with E-state index in [1.807, 2.05) is 32.9 Å². The van der Waals surface area contributed by atoms with Gasteiger partial charge in [-0.15, -0.1) is 0 Å². The number of nitrogens with one attached hydrogen (secondary N) is 1. The smallest absolute Gasteiger partial charge is 0.255 e. The Bertz CT molecular complexity index is 463. The molecule has 1 N–H and O–H groups in total. The second-order valence-electron chi connectivity index (χ2n) is 5.24. The quantitative estimate of drug-likeness (QED) is 0.865. The van der Waals surface area contributed by atoms with Crippen molar-refractivity contribution in [2.45, 2.75) is 32.7 Å². The molecule has 1 aromatic rings. The first-order valence-electron chi connectivity index (χ1n) is 5.64. The fourth-order valence-electron chi connectivity index (χ4n) is 1.85. The number of benzene rings is 1. The van der Waals surface area contributed by atoms with Crippen molar-refractivity contribution in [2.24, 2.45) is 0 Å². The second-order valence-corrected chi connectivity index (χ2v) is 6.16. The van der Waals surface area contributed by atoms with Crippen molar-refractivity contribution in [3.63, 3.8) is 0 Å². The highest BCUT2D eigenvalue weighted by Crippen LogP contribution is 2.33. The van der Waals surface area contributed by atoms with Gasteiger partial charge in [-0.1, -0.05) is 15.9 Å². The van der Waals surface area contributed by atoms with Crippen LogP contribution in [0.5, 0.6) is 5.75 Å². The Morgan fingerprint density at radius 1 is 1.41 bits per heavy atom. The normalized spacial score (nSPS) is 14.1. The average Bonchev–Trinajstić information content (AvgIpc) is 2.60. The number of carbonyl (C=O) groups is 1. The van der Waals surface area contributed by atoms with Gasteiger partial charge in [0.15, 0.2) is 0 Å². The van der Waals surface area contributed by atoms with E-state index in [1.54, 1.807) is 0 Å². The fourth-order valence-corrected chi connectivity index (χ4v) is 2.35. The number of hydrogen-bond acceptors (Lipinski definition) is 2. The summed E-state index contributed by atoms with van der Waals surface area (Å²) in [6, 6.07) is 3.82. The summed E-state index contributed by atoms with van der Waals surface area (Å²) in [5, 5.41) is 2.95. The molecule has 0 bridgehead atoms. The number of carbonyl (C=O) groups excluding carboxylic acids is 1. The van der Waals surface area contributed by atoms with Crippen molar-refractivity contribution in [1.82, 2.24) is 5.32 Å². The lowest BCUT2D eigenvalue weighted by atomic mass is 10.0. The summed E-state index contributed by atoms with van der Waals surface area (Å²) in [7, 11) is 0. The lowest BCUT2D eigenvalue weighted by molar-refractivity contribution is 0.0916. The highest BCUT2D eigenvalue weighted by atomic mass is 79.9. The van der Waals surface area contributed by atoms with E-state index in [0.717, 1.165) is 22.2 Å². The third kappa shape index (κ3) is 2.80. The summed E-state index contributed by atoms with van der Waals surface area (Å²) in [5.41, 5.74) is 1.46. The van der Waals surface area contributed by atoms with Crippen LogP contribution in [0, 0.1) is 0 Å². The molecule has 1 aliphatic rings. The van der Waals surface area contributed by atoms with Crippen LogP contribution in [0.15, 0.2) is 16.6 Å². The van der Waals surface area contributed by atoms with Gasteiger partial charge in [-0.3, -0.25) is 4.79 Å². The average molecular weight is 298 g/mol. The molecule has 0 atom stereocenters. The van der Waals surface area contributed by atoms with Crippen molar-refractivity contribution in [3.8, 4) is 5.75 Å². The molecule has 0 saturated heterocycles. The van der Waals surface area contributed by atoms with Gasteiger partial charge in [-0.2, -0.15) is 0 Å². The van der Waals surface area contributed by atoms with Gasteiger partial charge in [-0.05, 0) is 38.5 Å². The maximum atomic E-state index is 12.2. The summed E-state index contributed by atoms with van der Waals surface area (Å²) < 4.78 is 6.46. The highest BCUT2D eigenvalue weighted by molar-refractivity contribution is 9.10. The molecule has 3 nitrogen and oxygen atoms in total. The van der Waals surface area contributed by atoms with Crippen LogP contribution in [0.25, 0.3) is 0 Å². The van der Waals surface area contributed by atoms with E-state index in [1.165, 1.54) is 0 Å². The Hall–Kier alpha value is -1.03. The number of hydrogen-bond donors (Lipinski definition) is 1. The molecule has 0 spiro atoms. The molecular weight excluding hydrogens is 282 g/mol. The Morgan fingerprint density at radius 2 is 2.12 bits per heavy atom. The molecule has 0 saturated carbocycles. The predicted molar refractivity (Wildman–Crippen MR) is 70.6 cm³/mol. The molecule has 2 rings (SSSR count). The third-order valence-electron chi connectivity index (χ3n) is 2.48. The van der Waals surface area contributed by atoms with Gasteiger partial charge in [0.05, 0.1) is 12.2 Å². The molecule has 0 fully saturated rings. The van der Waals surface area contributed by atoms with Crippen LogP contribution in [0.4, 0.5) is 0 Å². The van der Waals surface area contributed by atoms with E-state index in [-0.39, 0.29) is 11.4 Å². The first-order valence-corrected chi connectivity index (χ1v) is 6.44. The monoisotopic (exact) mass is 297 g/mol. The summed E-state index contributed by atoms with van der Waals surface area (Å²) in [6.45, 7) is 6.54. The molecule has 17 heavy (non-hydrogen) atoms. The third-order valence-corrected chi connectivity index (χ3v) is 2.94. The van der Waals surface area contributed by atoms with Gasteiger partial charge in [0.2, 0.25) is 0 Å². The molecule has 1 aliphatic heterocycles. The molecule has 92 valence electrons. The minimum atomic E-state index is -0.245. The zero-order valence-electron chi connectivity index (χ0n) is 10.3. The number of halogens is 1. The zero-order valence-corrected chi connectivity index (χ0v) is 11.8. The Balaban J connectivity index is 2.36. The number of ether oxygens (including phenoxy) is 1. The van der Waals surface area contributed by atoms with Crippen molar-refractivity contribution in [1.29, 1.82) is 0 Å². The van der Waals surface area contributed by atoms with Crippen molar-refractivity contribution >= 4 is 21.8 Å². The lowest BCUT2D eigenvalue weighted by Gasteiger charge is -2.21. The summed E-state index contributed by atoms with van der Waals surface area (Å²) in [4.78, 5) is 12.2. The van der Waals surface area contributed by atoms with Crippen LogP contribution in [-0.4, -0.2) is 18.1 Å². The number of rotatable bonds is 1. The SMILES string of the molecule is CC(C)(C)NC(=O)c1cc(Br)cc2c1OCC2. The van der Waals surface area contributed by atoms with E-state index in [4.69, 9.17) is 4.74 Å². The van der Waals surface area contributed by atoms with Crippen molar-refractivity contribution in [3.05, 3.63) is 27.7 Å². The Kier molecular flexibility index (Phi) is 3.17. The lowest BCUT2D eigenvalue weighted by Crippen LogP contribution is -2.40. The Morgan fingerprint density at radius 3 is 2.76 bits per heavy atom. The fraction of sp³-hybridized carbons (Fsp3) is 0.462. The van der Waals surface area contributed by atoms with E-state index < -0.39 is 0 Å². The van der Waals surface area contributed by atoms with Gasteiger partial charge >= 0.3 is 0 Å². The van der Waals surface area contributed by atoms with E-state index in [2.05, 4.69) is 21.2 Å². The maximum absolute atomic E-state index is 12.2. The van der Waals surface area contributed by atoms with Gasteiger partial charge in [-0.25, -0.2) is 0 Å². The minimum Gasteiger partial charge on any atom is -0.492 e. The standard InChI is InChI=1S/C13H16BrNO2/c1-13(2,3)15-12(16)10-7-9(14)6-8-4-5-17-11(8)10/h6-7H,4-5H2,1-3H3,(H,15,16). The summed E-state index contributed by atoms with van der Waals surface area (Å²) >= 11 is 3.43. The van der Waals surface area contributed by atoms with Gasteiger partial charge in [0, 0.05) is 16.4 Å². The number of amides is 1. The molecular formula is C13H16BrNO2. The van der Waals surface area contributed by atoms with Crippen LogP contribution in [0.3, 0.4) is 0 Å². The Labute approximate surface area is 110 Å². The summed E-state index contributed by atoms with van der Waals surface area (Å²) in [5.74, 6) is 0.645. The second kappa shape index (κ2) is 4.33. The molecule has 0 aliphatic carbocycles. The van der Waals surface area contributed by atoms with Crippen molar-refractivity contribution in [2.75, 3.05) is 6.61 Å². The first-order chi connectivity index (χ1) is 7.87. The zero-order chi connectivity index (χ0) is 12.6. The molecule has 0 aromatic heterocycles. The number of fused-ring (bicyclic) bond motifs is 1. The van der Waals surface area contributed by atoms with Crippen molar-refractivity contribution < 1.29 is 9.53 Å². The molecule has 4 heteroatoms. The molecule has 0 unspecified atom stereocenters. The van der Waals surface area contributed by atoms with Gasteiger partial charge < -0.3 is 10.1 Å². The van der Waals surface area contributed by atoms with Crippen LogP contribution >= 0.6 is 15.9 Å². The van der Waals surface area contributed by atoms with Crippen LogP contribution in [-0.2, 0) is 6.42 Å².